The quantitative estimate of drug-likeness (QED) is 0.811. The van der Waals surface area contributed by atoms with Crippen LogP contribution < -0.4 is 10.6 Å². The van der Waals surface area contributed by atoms with E-state index in [0.29, 0.717) is 17.7 Å². The number of hydrogen-bond acceptors (Lipinski definition) is 4. The van der Waals surface area contributed by atoms with Crippen molar-refractivity contribution in [3.8, 4) is 0 Å². The first-order valence-corrected chi connectivity index (χ1v) is 8.34. The van der Waals surface area contributed by atoms with E-state index in [1.54, 1.807) is 18.2 Å². The van der Waals surface area contributed by atoms with Gasteiger partial charge in [-0.1, -0.05) is 18.6 Å². The first-order valence-electron chi connectivity index (χ1n) is 8.34. The van der Waals surface area contributed by atoms with Crippen LogP contribution in [0, 0.1) is 12.3 Å². The molecule has 2 N–H and O–H groups in total. The third-order valence-electron chi connectivity index (χ3n) is 4.95. The van der Waals surface area contributed by atoms with Gasteiger partial charge >= 0.3 is 0 Å². The maximum absolute atomic E-state index is 12.4. The maximum Gasteiger partial charge on any atom is 0.262 e. The molecule has 2 aliphatic rings. The van der Waals surface area contributed by atoms with Gasteiger partial charge in [0, 0.05) is 6.54 Å². The highest BCUT2D eigenvalue weighted by molar-refractivity contribution is 6.22. The molecule has 0 aliphatic carbocycles. The van der Waals surface area contributed by atoms with Crippen LogP contribution in [0.25, 0.3) is 0 Å². The van der Waals surface area contributed by atoms with E-state index in [9.17, 15) is 14.4 Å². The molecule has 0 unspecified atom stereocenters. The second-order valence-corrected chi connectivity index (χ2v) is 7.08. The van der Waals surface area contributed by atoms with Gasteiger partial charge in [0.2, 0.25) is 5.91 Å². The molecular weight excluding hydrogens is 306 g/mol. The second kappa shape index (κ2) is 6.36. The third-order valence-corrected chi connectivity index (χ3v) is 4.95. The zero-order valence-corrected chi connectivity index (χ0v) is 14.1. The standard InChI is InChI=1S/C18H23N3O3/c1-12-3-4-13-14(9-12)17(24)21(16(13)23)10-15(22)20-11-18(2)5-7-19-8-6-18/h3-4,9,19H,5-8,10-11H2,1-2H3,(H,20,22). The van der Waals surface area contributed by atoms with Crippen LogP contribution in [0.5, 0.6) is 0 Å². The van der Waals surface area contributed by atoms with Gasteiger partial charge in [0.25, 0.3) is 11.8 Å². The Kier molecular flexibility index (Phi) is 4.41. The molecule has 128 valence electrons. The molecular formula is C18H23N3O3. The van der Waals surface area contributed by atoms with E-state index >= 15 is 0 Å². The van der Waals surface area contributed by atoms with Crippen molar-refractivity contribution in [1.82, 2.24) is 15.5 Å². The zero-order valence-electron chi connectivity index (χ0n) is 14.1. The summed E-state index contributed by atoms with van der Waals surface area (Å²) in [7, 11) is 0. The van der Waals surface area contributed by atoms with Crippen molar-refractivity contribution in [3.63, 3.8) is 0 Å². The molecule has 1 saturated heterocycles. The highest BCUT2D eigenvalue weighted by atomic mass is 16.2. The van der Waals surface area contributed by atoms with Gasteiger partial charge in [0.1, 0.15) is 6.54 Å². The van der Waals surface area contributed by atoms with E-state index in [4.69, 9.17) is 0 Å². The van der Waals surface area contributed by atoms with Crippen molar-refractivity contribution >= 4 is 17.7 Å². The van der Waals surface area contributed by atoms with E-state index in [1.807, 2.05) is 6.92 Å². The Morgan fingerprint density at radius 1 is 1.21 bits per heavy atom. The van der Waals surface area contributed by atoms with Crippen LogP contribution >= 0.6 is 0 Å². The number of nitrogens with zero attached hydrogens (tertiary/aromatic N) is 1. The van der Waals surface area contributed by atoms with Crippen LogP contribution in [0.1, 0.15) is 46.0 Å². The lowest BCUT2D eigenvalue weighted by atomic mass is 9.81. The fraction of sp³-hybridized carbons (Fsp3) is 0.500. The van der Waals surface area contributed by atoms with Crippen molar-refractivity contribution in [2.24, 2.45) is 5.41 Å². The van der Waals surface area contributed by atoms with Crippen LogP contribution in [0.4, 0.5) is 0 Å². The molecule has 3 amide bonds. The smallest absolute Gasteiger partial charge is 0.262 e. The number of fused-ring (bicyclic) bond motifs is 1. The summed E-state index contributed by atoms with van der Waals surface area (Å²) in [5.74, 6) is -1.07. The molecule has 0 aromatic heterocycles. The van der Waals surface area contributed by atoms with Crippen molar-refractivity contribution in [2.75, 3.05) is 26.2 Å². The first kappa shape index (κ1) is 16.6. The second-order valence-electron chi connectivity index (χ2n) is 7.08. The van der Waals surface area contributed by atoms with Crippen LogP contribution in [0.3, 0.4) is 0 Å². The molecule has 0 bridgehead atoms. The normalized spacial score (nSPS) is 19.3. The molecule has 6 nitrogen and oxygen atoms in total. The van der Waals surface area contributed by atoms with Crippen molar-refractivity contribution in [2.45, 2.75) is 26.7 Å². The predicted octanol–water partition coefficient (Wildman–Crippen LogP) is 1.10. The van der Waals surface area contributed by atoms with Crippen LogP contribution in [0.2, 0.25) is 0 Å². The number of carbonyl (C=O) groups is 3. The maximum atomic E-state index is 12.4. The number of benzene rings is 1. The SMILES string of the molecule is Cc1ccc2c(c1)C(=O)N(CC(=O)NCC1(C)CCNCC1)C2=O. The van der Waals surface area contributed by atoms with E-state index in [-0.39, 0.29) is 23.8 Å². The lowest BCUT2D eigenvalue weighted by molar-refractivity contribution is -0.122. The molecule has 1 fully saturated rings. The number of aryl methyl sites for hydroxylation is 1. The van der Waals surface area contributed by atoms with Gasteiger partial charge in [-0.15, -0.1) is 0 Å². The fourth-order valence-electron chi connectivity index (χ4n) is 3.27. The minimum absolute atomic E-state index is 0.0695. The summed E-state index contributed by atoms with van der Waals surface area (Å²) < 4.78 is 0. The highest BCUT2D eigenvalue weighted by Crippen LogP contribution is 2.27. The predicted molar refractivity (Wildman–Crippen MR) is 89.8 cm³/mol. The molecule has 2 heterocycles. The Balaban J connectivity index is 1.61. The van der Waals surface area contributed by atoms with Gasteiger partial charge in [-0.2, -0.15) is 0 Å². The first-order chi connectivity index (χ1) is 11.4. The summed E-state index contributed by atoms with van der Waals surface area (Å²) in [4.78, 5) is 38.0. The molecule has 0 atom stereocenters. The third kappa shape index (κ3) is 3.19. The van der Waals surface area contributed by atoms with E-state index in [1.165, 1.54) is 0 Å². The van der Waals surface area contributed by atoms with Crippen molar-refractivity contribution in [1.29, 1.82) is 0 Å². The Morgan fingerprint density at radius 3 is 2.58 bits per heavy atom. The topological polar surface area (TPSA) is 78.5 Å². The Labute approximate surface area is 141 Å². The minimum atomic E-state index is -0.391. The van der Waals surface area contributed by atoms with E-state index in [0.717, 1.165) is 36.4 Å². The van der Waals surface area contributed by atoms with Gasteiger partial charge in [0.05, 0.1) is 11.1 Å². The summed E-state index contributed by atoms with van der Waals surface area (Å²) in [6, 6.07) is 5.15. The molecule has 2 aliphatic heterocycles. The number of piperidine rings is 1. The monoisotopic (exact) mass is 329 g/mol. The number of imide groups is 1. The van der Waals surface area contributed by atoms with Crippen molar-refractivity contribution in [3.05, 3.63) is 34.9 Å². The minimum Gasteiger partial charge on any atom is -0.354 e. The van der Waals surface area contributed by atoms with Gasteiger partial charge in [0.15, 0.2) is 0 Å². The lowest BCUT2D eigenvalue weighted by Crippen LogP contribution is -2.46. The molecule has 0 saturated carbocycles. The summed E-state index contributed by atoms with van der Waals surface area (Å²) >= 11 is 0. The Bertz CT molecular complexity index is 693. The molecule has 3 rings (SSSR count). The molecule has 1 aromatic carbocycles. The number of nitrogens with one attached hydrogen (secondary N) is 2. The lowest BCUT2D eigenvalue weighted by Gasteiger charge is -2.34. The largest absolute Gasteiger partial charge is 0.354 e. The number of amides is 3. The molecule has 24 heavy (non-hydrogen) atoms. The Morgan fingerprint density at radius 2 is 1.88 bits per heavy atom. The van der Waals surface area contributed by atoms with Gasteiger partial charge in [-0.3, -0.25) is 19.3 Å². The van der Waals surface area contributed by atoms with E-state index in [2.05, 4.69) is 17.6 Å². The van der Waals surface area contributed by atoms with Gasteiger partial charge in [-0.25, -0.2) is 0 Å². The molecule has 0 spiro atoms. The van der Waals surface area contributed by atoms with Gasteiger partial charge in [-0.05, 0) is 50.4 Å². The summed E-state index contributed by atoms with van der Waals surface area (Å²) in [5.41, 5.74) is 1.75. The highest BCUT2D eigenvalue weighted by Gasteiger charge is 2.37. The number of carbonyl (C=O) groups excluding carboxylic acids is 3. The number of rotatable bonds is 4. The van der Waals surface area contributed by atoms with Gasteiger partial charge < -0.3 is 10.6 Å². The van der Waals surface area contributed by atoms with Crippen LogP contribution in [-0.2, 0) is 4.79 Å². The fourth-order valence-corrected chi connectivity index (χ4v) is 3.27. The average Bonchev–Trinajstić information content (AvgIpc) is 2.78. The van der Waals surface area contributed by atoms with E-state index < -0.39 is 5.91 Å². The zero-order chi connectivity index (χ0) is 17.3. The van der Waals surface area contributed by atoms with Crippen LogP contribution in [-0.4, -0.2) is 48.8 Å². The Hall–Kier alpha value is -2.21. The average molecular weight is 329 g/mol. The number of hydrogen-bond donors (Lipinski definition) is 2. The molecule has 6 heteroatoms. The van der Waals surface area contributed by atoms with Crippen molar-refractivity contribution < 1.29 is 14.4 Å². The molecule has 0 radical (unpaired) electrons. The molecule has 1 aromatic rings. The van der Waals surface area contributed by atoms with Crippen LogP contribution in [0.15, 0.2) is 18.2 Å². The summed E-state index contributed by atoms with van der Waals surface area (Å²) in [6.45, 7) is 6.26. The summed E-state index contributed by atoms with van der Waals surface area (Å²) in [6.07, 6.45) is 2.00. The summed E-state index contributed by atoms with van der Waals surface area (Å²) in [5, 5.41) is 6.19.